The SMILES string of the molecule is CC(O)CN(C)C(=O)NC(C)Cc1ccc2ccccc2c1. The minimum Gasteiger partial charge on any atom is -0.392 e. The third-order valence-corrected chi connectivity index (χ3v) is 3.61. The molecule has 0 saturated heterocycles. The van der Waals surface area contributed by atoms with Gasteiger partial charge in [-0.2, -0.15) is 0 Å². The third-order valence-electron chi connectivity index (χ3n) is 3.61. The molecule has 2 aromatic rings. The lowest BCUT2D eigenvalue weighted by Crippen LogP contribution is -2.44. The van der Waals surface area contributed by atoms with E-state index in [1.54, 1.807) is 14.0 Å². The van der Waals surface area contributed by atoms with Crippen LogP contribution in [0.25, 0.3) is 10.8 Å². The normalized spacial score (nSPS) is 13.6. The average molecular weight is 300 g/mol. The third kappa shape index (κ3) is 4.46. The minimum atomic E-state index is -0.522. The number of urea groups is 1. The zero-order chi connectivity index (χ0) is 16.1. The maximum absolute atomic E-state index is 12.0. The number of nitrogens with one attached hydrogen (secondary N) is 1. The average Bonchev–Trinajstić information content (AvgIpc) is 2.46. The molecule has 118 valence electrons. The molecule has 0 heterocycles. The summed E-state index contributed by atoms with van der Waals surface area (Å²) in [5.41, 5.74) is 1.20. The number of nitrogens with zero attached hydrogens (tertiary/aromatic N) is 1. The van der Waals surface area contributed by atoms with Crippen LogP contribution in [0.15, 0.2) is 42.5 Å². The van der Waals surface area contributed by atoms with Crippen molar-refractivity contribution in [3.63, 3.8) is 0 Å². The molecule has 4 heteroatoms. The highest BCUT2D eigenvalue weighted by atomic mass is 16.3. The molecular formula is C18H24N2O2. The maximum atomic E-state index is 12.0. The van der Waals surface area contributed by atoms with Gasteiger partial charge in [0.25, 0.3) is 0 Å². The molecular weight excluding hydrogens is 276 g/mol. The predicted octanol–water partition coefficient (Wildman–Crippen LogP) is 2.79. The smallest absolute Gasteiger partial charge is 0.317 e. The van der Waals surface area contributed by atoms with E-state index in [1.807, 2.05) is 19.1 Å². The van der Waals surface area contributed by atoms with Gasteiger partial charge in [-0.25, -0.2) is 4.79 Å². The first kappa shape index (κ1) is 16.3. The number of carbonyl (C=O) groups excluding carboxylic acids is 1. The van der Waals surface area contributed by atoms with E-state index in [0.29, 0.717) is 6.54 Å². The van der Waals surface area contributed by atoms with Crippen LogP contribution in [0.4, 0.5) is 4.79 Å². The van der Waals surface area contributed by atoms with Gasteiger partial charge in [-0.3, -0.25) is 0 Å². The topological polar surface area (TPSA) is 52.6 Å². The highest BCUT2D eigenvalue weighted by Crippen LogP contribution is 2.16. The maximum Gasteiger partial charge on any atom is 0.317 e. The standard InChI is InChI=1S/C18H24N2O2/c1-13(19-18(22)20(3)12-14(2)21)10-15-8-9-16-6-4-5-7-17(16)11-15/h4-9,11,13-14,21H,10,12H2,1-3H3,(H,19,22). The molecule has 0 spiro atoms. The molecule has 2 rings (SSSR count). The summed E-state index contributed by atoms with van der Waals surface area (Å²) >= 11 is 0. The van der Waals surface area contributed by atoms with Crippen LogP contribution in [0.3, 0.4) is 0 Å². The molecule has 0 aliphatic carbocycles. The molecule has 0 fully saturated rings. The Balaban J connectivity index is 1.95. The van der Waals surface area contributed by atoms with Crippen LogP contribution >= 0.6 is 0 Å². The van der Waals surface area contributed by atoms with Crippen molar-refractivity contribution in [2.24, 2.45) is 0 Å². The molecule has 22 heavy (non-hydrogen) atoms. The van der Waals surface area contributed by atoms with Crippen molar-refractivity contribution >= 4 is 16.8 Å². The Morgan fingerprint density at radius 1 is 1.18 bits per heavy atom. The summed E-state index contributed by atoms with van der Waals surface area (Å²) in [7, 11) is 1.69. The number of likely N-dealkylation sites (N-methyl/N-ethyl adjacent to an activating group) is 1. The summed E-state index contributed by atoms with van der Waals surface area (Å²) < 4.78 is 0. The van der Waals surface area contributed by atoms with Crippen LogP contribution in [0.5, 0.6) is 0 Å². The van der Waals surface area contributed by atoms with Crippen LogP contribution in [-0.2, 0) is 6.42 Å². The summed E-state index contributed by atoms with van der Waals surface area (Å²) in [5.74, 6) is 0. The van der Waals surface area contributed by atoms with E-state index in [1.165, 1.54) is 21.2 Å². The van der Waals surface area contributed by atoms with Crippen LogP contribution in [0.2, 0.25) is 0 Å². The van der Waals surface area contributed by atoms with E-state index in [-0.39, 0.29) is 12.1 Å². The fraction of sp³-hybridized carbons (Fsp3) is 0.389. The second-order valence-electron chi connectivity index (χ2n) is 5.97. The van der Waals surface area contributed by atoms with Gasteiger partial charge < -0.3 is 15.3 Å². The van der Waals surface area contributed by atoms with Gasteiger partial charge in [-0.05, 0) is 36.6 Å². The Labute approximate surface area is 131 Å². The number of amides is 2. The van der Waals surface area contributed by atoms with E-state index in [0.717, 1.165) is 6.42 Å². The van der Waals surface area contributed by atoms with Crippen LogP contribution in [-0.4, -0.2) is 41.8 Å². The molecule has 0 saturated carbocycles. The molecule has 2 atom stereocenters. The van der Waals surface area contributed by atoms with E-state index in [2.05, 4.69) is 35.6 Å². The molecule has 0 aliphatic rings. The van der Waals surface area contributed by atoms with E-state index < -0.39 is 6.10 Å². The Bertz CT molecular complexity index is 640. The van der Waals surface area contributed by atoms with Crippen molar-refractivity contribution in [1.29, 1.82) is 0 Å². The lowest BCUT2D eigenvalue weighted by atomic mass is 10.0. The predicted molar refractivity (Wildman–Crippen MR) is 90.0 cm³/mol. The van der Waals surface area contributed by atoms with Gasteiger partial charge in [0.2, 0.25) is 0 Å². The van der Waals surface area contributed by atoms with Gasteiger partial charge in [-0.15, -0.1) is 0 Å². The van der Waals surface area contributed by atoms with Gasteiger partial charge in [0.1, 0.15) is 0 Å². The summed E-state index contributed by atoms with van der Waals surface area (Å²) in [6.07, 6.45) is 0.255. The lowest BCUT2D eigenvalue weighted by Gasteiger charge is -2.22. The Hall–Kier alpha value is -2.07. The second kappa shape index (κ2) is 7.27. The number of hydrogen-bond acceptors (Lipinski definition) is 2. The minimum absolute atomic E-state index is 0.0325. The fourth-order valence-corrected chi connectivity index (χ4v) is 2.57. The van der Waals surface area contributed by atoms with Crippen LogP contribution < -0.4 is 5.32 Å². The van der Waals surface area contributed by atoms with E-state index in [9.17, 15) is 9.90 Å². The van der Waals surface area contributed by atoms with Crippen molar-refractivity contribution < 1.29 is 9.90 Å². The first-order chi connectivity index (χ1) is 10.5. The van der Waals surface area contributed by atoms with Crippen LogP contribution in [0.1, 0.15) is 19.4 Å². The van der Waals surface area contributed by atoms with Gasteiger partial charge in [0, 0.05) is 19.6 Å². The first-order valence-electron chi connectivity index (χ1n) is 7.63. The van der Waals surface area contributed by atoms with Crippen molar-refractivity contribution in [2.45, 2.75) is 32.4 Å². The molecule has 2 unspecified atom stereocenters. The molecule has 2 amide bonds. The summed E-state index contributed by atoms with van der Waals surface area (Å²) in [6.45, 7) is 3.99. The zero-order valence-electron chi connectivity index (χ0n) is 13.4. The highest BCUT2D eigenvalue weighted by Gasteiger charge is 2.13. The quantitative estimate of drug-likeness (QED) is 0.892. The Morgan fingerprint density at radius 3 is 2.55 bits per heavy atom. The fourth-order valence-electron chi connectivity index (χ4n) is 2.57. The van der Waals surface area contributed by atoms with Crippen molar-refractivity contribution in [2.75, 3.05) is 13.6 Å². The van der Waals surface area contributed by atoms with Crippen molar-refractivity contribution in [3.8, 4) is 0 Å². The number of fused-ring (bicyclic) bond motifs is 1. The second-order valence-corrected chi connectivity index (χ2v) is 5.97. The van der Waals surface area contributed by atoms with Gasteiger partial charge in [0.15, 0.2) is 0 Å². The lowest BCUT2D eigenvalue weighted by molar-refractivity contribution is 0.142. The number of aliphatic hydroxyl groups excluding tert-OH is 1. The van der Waals surface area contributed by atoms with E-state index in [4.69, 9.17) is 0 Å². The monoisotopic (exact) mass is 300 g/mol. The van der Waals surface area contributed by atoms with Crippen LogP contribution in [0, 0.1) is 0 Å². The number of rotatable bonds is 5. The highest BCUT2D eigenvalue weighted by molar-refractivity contribution is 5.83. The van der Waals surface area contributed by atoms with E-state index >= 15 is 0 Å². The first-order valence-corrected chi connectivity index (χ1v) is 7.63. The Kier molecular flexibility index (Phi) is 5.39. The van der Waals surface area contributed by atoms with Gasteiger partial charge in [-0.1, -0.05) is 42.5 Å². The summed E-state index contributed by atoms with van der Waals surface area (Å²) in [4.78, 5) is 13.5. The molecule has 2 aromatic carbocycles. The molecule has 0 bridgehead atoms. The van der Waals surface area contributed by atoms with Gasteiger partial charge in [0.05, 0.1) is 6.10 Å². The Morgan fingerprint density at radius 2 is 1.86 bits per heavy atom. The molecule has 4 nitrogen and oxygen atoms in total. The number of carbonyl (C=O) groups is 1. The number of benzene rings is 2. The largest absolute Gasteiger partial charge is 0.392 e. The summed E-state index contributed by atoms with van der Waals surface area (Å²) in [5, 5.41) is 14.7. The molecule has 0 aliphatic heterocycles. The summed E-state index contributed by atoms with van der Waals surface area (Å²) in [6, 6.07) is 14.5. The number of hydrogen-bond donors (Lipinski definition) is 2. The van der Waals surface area contributed by atoms with Crippen molar-refractivity contribution in [3.05, 3.63) is 48.0 Å². The number of aliphatic hydroxyl groups is 1. The molecule has 0 radical (unpaired) electrons. The van der Waals surface area contributed by atoms with Gasteiger partial charge >= 0.3 is 6.03 Å². The molecule has 0 aromatic heterocycles. The van der Waals surface area contributed by atoms with Crippen molar-refractivity contribution in [1.82, 2.24) is 10.2 Å². The zero-order valence-corrected chi connectivity index (χ0v) is 13.4. The molecule has 2 N–H and O–H groups in total.